The zero-order valence-electron chi connectivity index (χ0n) is 15.7. The van der Waals surface area contributed by atoms with Gasteiger partial charge < -0.3 is 21.3 Å². The molecule has 1 aliphatic heterocycles. The summed E-state index contributed by atoms with van der Waals surface area (Å²) in [7, 11) is 0. The van der Waals surface area contributed by atoms with Gasteiger partial charge in [-0.3, -0.25) is 14.4 Å². The first kappa shape index (κ1) is 19.9. The fraction of sp³-hybridized carbons (Fsp3) is 0.526. The van der Waals surface area contributed by atoms with Crippen LogP contribution in [0.25, 0.3) is 0 Å². The molecule has 0 radical (unpaired) electrons. The van der Waals surface area contributed by atoms with Gasteiger partial charge in [-0.25, -0.2) is 0 Å². The van der Waals surface area contributed by atoms with E-state index < -0.39 is 11.9 Å². The van der Waals surface area contributed by atoms with Gasteiger partial charge in [-0.15, -0.1) is 0 Å². The predicted molar refractivity (Wildman–Crippen MR) is 101 cm³/mol. The Labute approximate surface area is 154 Å². The average molecular weight is 360 g/mol. The molecule has 1 atom stereocenters. The predicted octanol–water partition coefficient (Wildman–Crippen LogP) is 1.27. The highest BCUT2D eigenvalue weighted by Crippen LogP contribution is 2.23. The number of anilines is 1. The van der Waals surface area contributed by atoms with Crippen LogP contribution in [0.1, 0.15) is 42.6 Å². The summed E-state index contributed by atoms with van der Waals surface area (Å²) in [5, 5.41) is 5.27. The molecule has 7 nitrogen and oxygen atoms in total. The number of carbonyl (C=O) groups excluding carboxylic acids is 3. The SMILES string of the molecule is Cc1cccc(NC(=O)CNC(=O)[C@@H](N)C(C)C)c1C(=O)N1CCCC1. The lowest BCUT2D eigenvalue weighted by Gasteiger charge is -2.20. The monoisotopic (exact) mass is 360 g/mol. The maximum atomic E-state index is 12.8. The molecule has 1 fully saturated rings. The molecule has 0 bridgehead atoms. The molecule has 0 saturated carbocycles. The number of hydrogen-bond donors (Lipinski definition) is 3. The van der Waals surface area contributed by atoms with E-state index in [1.54, 1.807) is 17.0 Å². The van der Waals surface area contributed by atoms with Gasteiger partial charge in [-0.05, 0) is 37.3 Å². The maximum Gasteiger partial charge on any atom is 0.256 e. The minimum Gasteiger partial charge on any atom is -0.346 e. The van der Waals surface area contributed by atoms with E-state index in [1.807, 2.05) is 26.8 Å². The highest BCUT2D eigenvalue weighted by molar-refractivity contribution is 6.05. The molecule has 26 heavy (non-hydrogen) atoms. The smallest absolute Gasteiger partial charge is 0.256 e. The van der Waals surface area contributed by atoms with Gasteiger partial charge in [-0.2, -0.15) is 0 Å². The minimum absolute atomic E-state index is 0.0143. The summed E-state index contributed by atoms with van der Waals surface area (Å²) in [4.78, 5) is 38.7. The first-order valence-electron chi connectivity index (χ1n) is 9.03. The van der Waals surface area contributed by atoms with Crippen LogP contribution in [0.15, 0.2) is 18.2 Å². The van der Waals surface area contributed by atoms with Gasteiger partial charge >= 0.3 is 0 Å². The summed E-state index contributed by atoms with van der Waals surface area (Å²) in [5.74, 6) is -0.843. The highest BCUT2D eigenvalue weighted by Gasteiger charge is 2.24. The Hall–Kier alpha value is -2.41. The summed E-state index contributed by atoms with van der Waals surface area (Å²) < 4.78 is 0. The van der Waals surface area contributed by atoms with Crippen molar-refractivity contribution < 1.29 is 14.4 Å². The van der Waals surface area contributed by atoms with Gasteiger partial charge in [0.05, 0.1) is 23.8 Å². The van der Waals surface area contributed by atoms with E-state index in [1.165, 1.54) is 0 Å². The van der Waals surface area contributed by atoms with Crippen LogP contribution in [0, 0.1) is 12.8 Å². The number of hydrogen-bond acceptors (Lipinski definition) is 4. The number of rotatable bonds is 6. The number of carbonyl (C=O) groups is 3. The summed E-state index contributed by atoms with van der Waals surface area (Å²) in [5.41, 5.74) is 7.54. The summed E-state index contributed by atoms with van der Waals surface area (Å²) in [6.45, 7) is 6.82. The van der Waals surface area contributed by atoms with Crippen molar-refractivity contribution in [3.63, 3.8) is 0 Å². The van der Waals surface area contributed by atoms with Crippen molar-refractivity contribution >= 4 is 23.4 Å². The summed E-state index contributed by atoms with van der Waals surface area (Å²) in [6, 6.07) is 4.69. The number of amides is 3. The molecule has 4 N–H and O–H groups in total. The second kappa shape index (κ2) is 8.80. The number of likely N-dealkylation sites (tertiary alicyclic amines) is 1. The van der Waals surface area contributed by atoms with Crippen LogP contribution >= 0.6 is 0 Å². The molecule has 7 heteroatoms. The Kier molecular flexibility index (Phi) is 6.74. The number of benzene rings is 1. The first-order valence-corrected chi connectivity index (χ1v) is 9.03. The van der Waals surface area contributed by atoms with E-state index in [0.29, 0.717) is 11.3 Å². The molecule has 0 unspecified atom stereocenters. The fourth-order valence-electron chi connectivity index (χ4n) is 2.92. The molecule has 1 aromatic rings. The van der Waals surface area contributed by atoms with E-state index in [9.17, 15) is 14.4 Å². The van der Waals surface area contributed by atoms with E-state index >= 15 is 0 Å². The van der Waals surface area contributed by atoms with Crippen molar-refractivity contribution in [1.82, 2.24) is 10.2 Å². The Morgan fingerprint density at radius 2 is 1.85 bits per heavy atom. The Balaban J connectivity index is 2.04. The average Bonchev–Trinajstić information content (AvgIpc) is 3.13. The van der Waals surface area contributed by atoms with Crippen molar-refractivity contribution in [1.29, 1.82) is 0 Å². The highest BCUT2D eigenvalue weighted by atomic mass is 16.2. The molecule has 3 amide bonds. The molecule has 2 rings (SSSR count). The van der Waals surface area contributed by atoms with Crippen LogP contribution in [-0.4, -0.2) is 48.3 Å². The topological polar surface area (TPSA) is 105 Å². The van der Waals surface area contributed by atoms with Crippen LogP contribution in [0.4, 0.5) is 5.69 Å². The van der Waals surface area contributed by atoms with Gasteiger partial charge in [0.25, 0.3) is 5.91 Å². The second-order valence-corrected chi connectivity index (χ2v) is 7.03. The molecule has 0 aromatic heterocycles. The number of nitrogens with one attached hydrogen (secondary N) is 2. The lowest BCUT2D eigenvalue weighted by Crippen LogP contribution is -2.46. The quantitative estimate of drug-likeness (QED) is 0.710. The third-order valence-electron chi connectivity index (χ3n) is 4.60. The third-order valence-corrected chi connectivity index (χ3v) is 4.60. The summed E-state index contributed by atoms with van der Waals surface area (Å²) in [6.07, 6.45) is 2.00. The fourth-order valence-corrected chi connectivity index (χ4v) is 2.92. The van der Waals surface area contributed by atoms with Crippen molar-refractivity contribution in [2.75, 3.05) is 25.0 Å². The van der Waals surface area contributed by atoms with Gasteiger partial charge in [0.1, 0.15) is 0 Å². The van der Waals surface area contributed by atoms with E-state index in [4.69, 9.17) is 5.73 Å². The number of nitrogens with zero attached hydrogens (tertiary/aromatic N) is 1. The van der Waals surface area contributed by atoms with Gasteiger partial charge in [0, 0.05) is 13.1 Å². The second-order valence-electron chi connectivity index (χ2n) is 7.03. The normalized spacial score (nSPS) is 15.0. The zero-order chi connectivity index (χ0) is 19.3. The molecule has 0 spiro atoms. The largest absolute Gasteiger partial charge is 0.346 e. The van der Waals surface area contributed by atoms with Crippen LogP contribution in [0.2, 0.25) is 0 Å². The van der Waals surface area contributed by atoms with Crippen molar-refractivity contribution in [2.24, 2.45) is 11.7 Å². The Morgan fingerprint density at radius 3 is 2.46 bits per heavy atom. The molecule has 1 aromatic carbocycles. The van der Waals surface area contributed by atoms with Crippen LogP contribution in [0.5, 0.6) is 0 Å². The summed E-state index contributed by atoms with van der Waals surface area (Å²) >= 11 is 0. The standard InChI is InChI=1S/C19H28N4O3/c1-12(2)17(20)18(25)21-11-15(24)22-14-8-6-7-13(3)16(14)19(26)23-9-4-5-10-23/h6-8,12,17H,4-5,9-11,20H2,1-3H3,(H,21,25)(H,22,24)/t17-/m0/s1. The van der Waals surface area contributed by atoms with Crippen LogP contribution in [-0.2, 0) is 9.59 Å². The van der Waals surface area contributed by atoms with E-state index in [-0.39, 0.29) is 24.3 Å². The molecule has 0 aliphatic carbocycles. The van der Waals surface area contributed by atoms with Crippen LogP contribution in [0.3, 0.4) is 0 Å². The lowest BCUT2D eigenvalue weighted by atomic mass is 10.0. The van der Waals surface area contributed by atoms with Gasteiger partial charge in [0.15, 0.2) is 0 Å². The third kappa shape index (κ3) is 4.82. The number of aryl methyl sites for hydroxylation is 1. The molecule has 1 aliphatic rings. The zero-order valence-corrected chi connectivity index (χ0v) is 15.7. The lowest BCUT2D eigenvalue weighted by molar-refractivity contribution is -0.125. The maximum absolute atomic E-state index is 12.8. The van der Waals surface area contributed by atoms with Crippen molar-refractivity contribution in [3.8, 4) is 0 Å². The van der Waals surface area contributed by atoms with E-state index in [0.717, 1.165) is 31.5 Å². The Bertz CT molecular complexity index is 681. The van der Waals surface area contributed by atoms with Crippen molar-refractivity contribution in [2.45, 2.75) is 39.7 Å². The molecular formula is C19H28N4O3. The minimum atomic E-state index is -0.658. The first-order chi connectivity index (χ1) is 12.3. The molecule has 142 valence electrons. The molecular weight excluding hydrogens is 332 g/mol. The van der Waals surface area contributed by atoms with Gasteiger partial charge in [0.2, 0.25) is 11.8 Å². The Morgan fingerprint density at radius 1 is 1.19 bits per heavy atom. The molecule has 1 heterocycles. The van der Waals surface area contributed by atoms with Crippen LogP contribution < -0.4 is 16.4 Å². The van der Waals surface area contributed by atoms with E-state index in [2.05, 4.69) is 10.6 Å². The van der Waals surface area contributed by atoms with Gasteiger partial charge in [-0.1, -0.05) is 26.0 Å². The number of nitrogens with two attached hydrogens (primary N) is 1. The molecule has 1 saturated heterocycles. The van der Waals surface area contributed by atoms with Crippen molar-refractivity contribution in [3.05, 3.63) is 29.3 Å².